The van der Waals surface area contributed by atoms with Gasteiger partial charge in [-0.15, -0.1) is 0 Å². The number of fused-ring (bicyclic) bond motifs is 1. The fraction of sp³-hybridized carbons (Fsp3) is 0.400. The first-order valence-electron chi connectivity index (χ1n) is 7.21. The summed E-state index contributed by atoms with van der Waals surface area (Å²) in [6.45, 7) is 1.05. The van der Waals surface area contributed by atoms with Crippen LogP contribution in [0.5, 0.6) is 0 Å². The number of nitrogens with zero attached hydrogens (tertiary/aromatic N) is 2. The third kappa shape index (κ3) is 2.42. The van der Waals surface area contributed by atoms with Gasteiger partial charge in [0.05, 0.1) is 5.52 Å². The zero-order chi connectivity index (χ0) is 14.8. The number of likely N-dealkylation sites (tertiary alicyclic amines) is 1. The lowest BCUT2D eigenvalue weighted by atomic mass is 10.0. The molecule has 1 aromatic heterocycles. The molecule has 1 saturated heterocycles. The maximum Gasteiger partial charge on any atom is 0.278 e. The van der Waals surface area contributed by atoms with Gasteiger partial charge >= 0.3 is 0 Å². The van der Waals surface area contributed by atoms with E-state index >= 15 is 0 Å². The molecule has 110 valence electrons. The molecule has 1 atom stereocenters. The summed E-state index contributed by atoms with van der Waals surface area (Å²) in [5.41, 5.74) is 6.00. The summed E-state index contributed by atoms with van der Waals surface area (Å²) in [6.07, 6.45) is 2.88. The molecule has 0 radical (unpaired) electrons. The summed E-state index contributed by atoms with van der Waals surface area (Å²) < 4.78 is 0. The number of amides is 1. The van der Waals surface area contributed by atoms with E-state index in [0.717, 1.165) is 19.3 Å². The molecular weight excluding hydrogens is 268 g/mol. The second kappa shape index (κ2) is 5.65. The van der Waals surface area contributed by atoms with Crippen LogP contribution in [-0.2, 0) is 0 Å². The van der Waals surface area contributed by atoms with Crippen molar-refractivity contribution in [2.45, 2.75) is 25.3 Å². The minimum atomic E-state index is -0.323. The molecule has 0 aliphatic carbocycles. The van der Waals surface area contributed by atoms with Gasteiger partial charge in [0.1, 0.15) is 0 Å². The Kier molecular flexibility index (Phi) is 3.70. The second-order valence-electron chi connectivity index (χ2n) is 5.33. The van der Waals surface area contributed by atoms with Crippen LogP contribution in [0.25, 0.3) is 10.9 Å². The number of H-pyrrole nitrogens is 1. The summed E-state index contributed by atoms with van der Waals surface area (Å²) in [4.78, 5) is 26.8. The van der Waals surface area contributed by atoms with E-state index in [2.05, 4.69) is 10.2 Å². The number of piperidine rings is 1. The minimum Gasteiger partial charge on any atom is -0.333 e. The van der Waals surface area contributed by atoms with Crippen molar-refractivity contribution < 1.29 is 4.79 Å². The molecule has 3 N–H and O–H groups in total. The molecular formula is C15H18N4O2. The van der Waals surface area contributed by atoms with Gasteiger partial charge in [-0.1, -0.05) is 12.1 Å². The van der Waals surface area contributed by atoms with Crippen LogP contribution in [0.3, 0.4) is 0 Å². The van der Waals surface area contributed by atoms with E-state index in [1.54, 1.807) is 23.1 Å². The summed E-state index contributed by atoms with van der Waals surface area (Å²) in [6, 6.07) is 7.05. The monoisotopic (exact) mass is 286 g/mol. The lowest BCUT2D eigenvalue weighted by Gasteiger charge is -2.34. The molecule has 21 heavy (non-hydrogen) atoms. The molecule has 2 aromatic rings. The molecule has 1 aromatic carbocycles. The van der Waals surface area contributed by atoms with Crippen molar-refractivity contribution in [3.05, 3.63) is 40.2 Å². The number of para-hydroxylation sites is 1. The Hall–Kier alpha value is -2.21. The van der Waals surface area contributed by atoms with Gasteiger partial charge in [0.2, 0.25) is 5.43 Å². The van der Waals surface area contributed by atoms with Gasteiger partial charge in [0, 0.05) is 24.5 Å². The Balaban J connectivity index is 2.01. The first-order valence-corrected chi connectivity index (χ1v) is 7.21. The second-order valence-corrected chi connectivity index (χ2v) is 5.33. The molecule has 1 fully saturated rings. The Morgan fingerprint density at radius 1 is 1.38 bits per heavy atom. The first kappa shape index (κ1) is 13.8. The van der Waals surface area contributed by atoms with Crippen LogP contribution in [0.4, 0.5) is 0 Å². The van der Waals surface area contributed by atoms with E-state index in [-0.39, 0.29) is 23.1 Å². The van der Waals surface area contributed by atoms with E-state index in [9.17, 15) is 9.59 Å². The Bertz CT molecular complexity index is 725. The predicted octanol–water partition coefficient (Wildman–Crippen LogP) is 0.876. The highest BCUT2D eigenvalue weighted by Gasteiger charge is 2.29. The Labute approximate surface area is 121 Å². The van der Waals surface area contributed by atoms with Gasteiger partial charge in [0.25, 0.3) is 5.91 Å². The zero-order valence-corrected chi connectivity index (χ0v) is 11.7. The molecule has 2 heterocycles. The number of rotatable bonds is 2. The Morgan fingerprint density at radius 3 is 3.00 bits per heavy atom. The van der Waals surface area contributed by atoms with E-state index in [4.69, 9.17) is 5.73 Å². The predicted molar refractivity (Wildman–Crippen MR) is 80.1 cm³/mol. The van der Waals surface area contributed by atoms with Crippen molar-refractivity contribution >= 4 is 16.8 Å². The fourth-order valence-corrected chi connectivity index (χ4v) is 2.87. The normalized spacial score (nSPS) is 18.9. The van der Waals surface area contributed by atoms with Gasteiger partial charge in [-0.25, -0.2) is 0 Å². The number of aromatic amines is 1. The molecule has 1 amide bonds. The number of carbonyl (C=O) groups excluding carboxylic acids is 1. The quantitative estimate of drug-likeness (QED) is 0.857. The van der Waals surface area contributed by atoms with Crippen molar-refractivity contribution in [3.63, 3.8) is 0 Å². The number of hydrogen-bond acceptors (Lipinski definition) is 4. The van der Waals surface area contributed by atoms with E-state index in [1.807, 2.05) is 6.07 Å². The number of hydrogen-bond donors (Lipinski definition) is 2. The molecule has 0 spiro atoms. The summed E-state index contributed by atoms with van der Waals surface area (Å²) in [5.74, 6) is -0.322. The van der Waals surface area contributed by atoms with Gasteiger partial charge in [-0.3, -0.25) is 14.7 Å². The van der Waals surface area contributed by atoms with Crippen molar-refractivity contribution in [2.75, 3.05) is 13.1 Å². The lowest BCUT2D eigenvalue weighted by molar-refractivity contribution is 0.0615. The maximum atomic E-state index is 12.6. The molecule has 1 aliphatic heterocycles. The standard InChI is InChI=1S/C15H18N4O2/c16-9-10-5-3-4-8-19(10)15(21)13-14(20)11-6-1-2-7-12(11)17-18-13/h1-2,6-7,10H,3-5,8-9,16H2,(H,17,20)/t10-/m1/s1. The highest BCUT2D eigenvalue weighted by Crippen LogP contribution is 2.18. The van der Waals surface area contributed by atoms with Crippen LogP contribution >= 0.6 is 0 Å². The molecule has 1 aliphatic rings. The van der Waals surface area contributed by atoms with Crippen LogP contribution < -0.4 is 11.2 Å². The van der Waals surface area contributed by atoms with Crippen LogP contribution in [-0.4, -0.2) is 40.1 Å². The highest BCUT2D eigenvalue weighted by atomic mass is 16.2. The van der Waals surface area contributed by atoms with Crippen molar-refractivity contribution in [1.82, 2.24) is 15.1 Å². The van der Waals surface area contributed by atoms with Gasteiger partial charge in [0.15, 0.2) is 5.69 Å². The third-order valence-corrected chi connectivity index (χ3v) is 4.04. The first-order chi connectivity index (χ1) is 10.2. The van der Waals surface area contributed by atoms with Gasteiger partial charge in [-0.2, -0.15) is 5.10 Å². The summed E-state index contributed by atoms with van der Waals surface area (Å²) >= 11 is 0. The number of nitrogens with one attached hydrogen (secondary N) is 1. The van der Waals surface area contributed by atoms with Crippen LogP contribution in [0.2, 0.25) is 0 Å². The Morgan fingerprint density at radius 2 is 2.19 bits per heavy atom. The van der Waals surface area contributed by atoms with E-state index in [0.29, 0.717) is 24.0 Å². The van der Waals surface area contributed by atoms with E-state index < -0.39 is 0 Å². The largest absolute Gasteiger partial charge is 0.333 e. The van der Waals surface area contributed by atoms with Crippen LogP contribution in [0, 0.1) is 0 Å². The summed E-state index contributed by atoms with van der Waals surface area (Å²) in [7, 11) is 0. The molecule has 6 nitrogen and oxygen atoms in total. The third-order valence-electron chi connectivity index (χ3n) is 4.04. The molecule has 0 unspecified atom stereocenters. The highest BCUT2D eigenvalue weighted by molar-refractivity contribution is 5.95. The SMILES string of the molecule is NC[C@H]1CCCCN1C(=O)c1n[nH]c2ccccc2c1=O. The van der Waals surface area contributed by atoms with Crippen molar-refractivity contribution in [3.8, 4) is 0 Å². The van der Waals surface area contributed by atoms with Crippen molar-refractivity contribution in [2.24, 2.45) is 5.73 Å². The number of benzene rings is 1. The maximum absolute atomic E-state index is 12.6. The number of nitrogens with two attached hydrogens (primary N) is 1. The fourth-order valence-electron chi connectivity index (χ4n) is 2.87. The smallest absolute Gasteiger partial charge is 0.278 e. The minimum absolute atomic E-state index is 0.001000. The van der Waals surface area contributed by atoms with E-state index in [1.165, 1.54) is 0 Å². The molecule has 0 saturated carbocycles. The van der Waals surface area contributed by atoms with Crippen LogP contribution in [0.1, 0.15) is 29.8 Å². The lowest BCUT2D eigenvalue weighted by Crippen LogP contribution is -2.48. The molecule has 3 rings (SSSR count). The summed E-state index contributed by atoms with van der Waals surface area (Å²) in [5, 5.41) is 7.25. The van der Waals surface area contributed by atoms with Gasteiger partial charge in [-0.05, 0) is 31.4 Å². The van der Waals surface area contributed by atoms with Gasteiger partial charge < -0.3 is 10.6 Å². The average molecular weight is 286 g/mol. The topological polar surface area (TPSA) is 92.1 Å². The number of carbonyl (C=O) groups is 1. The number of aromatic nitrogens is 2. The molecule has 0 bridgehead atoms. The van der Waals surface area contributed by atoms with Crippen molar-refractivity contribution in [1.29, 1.82) is 0 Å². The van der Waals surface area contributed by atoms with Crippen LogP contribution in [0.15, 0.2) is 29.1 Å². The average Bonchev–Trinajstić information content (AvgIpc) is 2.55. The zero-order valence-electron chi connectivity index (χ0n) is 11.7. The molecule has 6 heteroatoms.